The van der Waals surface area contributed by atoms with E-state index < -0.39 is 76.6 Å². The van der Waals surface area contributed by atoms with Crippen molar-refractivity contribution in [2.75, 3.05) is 0 Å². The van der Waals surface area contributed by atoms with Gasteiger partial charge in [0.15, 0.2) is 52.4 Å². The molecule has 1 N–H and O–H groups in total. The minimum absolute atomic E-state index is 0.355. The quantitative estimate of drug-likeness (QED) is 0.273. The summed E-state index contributed by atoms with van der Waals surface area (Å²) in [6, 6.07) is 0. The molecular weight excluding hydrogens is 373 g/mol. The molecule has 0 atom stereocenters. The van der Waals surface area contributed by atoms with Crippen molar-refractivity contribution in [2.24, 2.45) is 0 Å². The minimum Gasteiger partial charge on any atom is -0.443 e. The van der Waals surface area contributed by atoms with E-state index in [1.54, 1.807) is 0 Å². The number of allylic oxidation sites excluding steroid dienone is 5. The zero-order valence-corrected chi connectivity index (χ0v) is 11.9. The van der Waals surface area contributed by atoms with Crippen LogP contribution in [-0.4, -0.2) is 11.9 Å². The molecule has 0 aliphatic carbocycles. The first kappa shape index (κ1) is 20.8. The van der Waals surface area contributed by atoms with Gasteiger partial charge in [-0.2, -0.15) is 0 Å². The largest absolute Gasteiger partial charge is 0.443 e. The highest BCUT2D eigenvalue weighted by Crippen LogP contribution is 2.28. The average Bonchev–Trinajstić information content (AvgIpc) is 2.55. The fourth-order valence-corrected chi connectivity index (χ4v) is 1.53. The molecule has 136 valence electrons. The standard InChI is InChI=1S/C13H5BF10O/c1-3(15)6(17)10(21)7(18)4(16)2-14(25)5-8(19)11(22)13(24)12(23)9(5)20/h2,25H,1H3/b4-2-,6-3-,10-7-. The van der Waals surface area contributed by atoms with Crippen LogP contribution in [0, 0.1) is 29.1 Å². The Bertz CT molecular complexity index is 765. The van der Waals surface area contributed by atoms with Crippen molar-refractivity contribution in [2.45, 2.75) is 6.92 Å². The summed E-state index contributed by atoms with van der Waals surface area (Å²) in [4.78, 5) is 0. The molecule has 0 saturated heterocycles. The van der Waals surface area contributed by atoms with Crippen molar-refractivity contribution < 1.29 is 48.9 Å². The minimum atomic E-state index is -2.97. The van der Waals surface area contributed by atoms with Crippen molar-refractivity contribution in [3.05, 3.63) is 64.2 Å². The Hall–Kier alpha value is -2.24. The Morgan fingerprint density at radius 1 is 0.720 bits per heavy atom. The lowest BCUT2D eigenvalue weighted by Gasteiger charge is -2.09. The van der Waals surface area contributed by atoms with Crippen molar-refractivity contribution in [3.8, 4) is 0 Å². The first-order valence-corrected chi connectivity index (χ1v) is 6.06. The zero-order valence-electron chi connectivity index (χ0n) is 11.9. The Morgan fingerprint density at radius 3 is 1.52 bits per heavy atom. The molecule has 1 nitrogen and oxygen atoms in total. The van der Waals surface area contributed by atoms with Crippen molar-refractivity contribution in [3.63, 3.8) is 0 Å². The summed E-state index contributed by atoms with van der Waals surface area (Å²) >= 11 is 0. The van der Waals surface area contributed by atoms with Crippen LogP contribution in [0.25, 0.3) is 0 Å². The highest BCUT2D eigenvalue weighted by Gasteiger charge is 2.32. The van der Waals surface area contributed by atoms with Crippen LogP contribution >= 0.6 is 0 Å². The molecule has 0 aromatic heterocycles. The lowest BCUT2D eigenvalue weighted by atomic mass is 9.60. The van der Waals surface area contributed by atoms with E-state index in [1.807, 2.05) is 0 Å². The maximum absolute atomic E-state index is 13.4. The van der Waals surface area contributed by atoms with E-state index in [0.29, 0.717) is 6.92 Å². The fourth-order valence-electron chi connectivity index (χ4n) is 1.53. The van der Waals surface area contributed by atoms with Gasteiger partial charge in [0.05, 0.1) is 0 Å². The van der Waals surface area contributed by atoms with E-state index in [-0.39, 0.29) is 0 Å². The molecule has 25 heavy (non-hydrogen) atoms. The Kier molecular flexibility index (Phi) is 6.46. The summed E-state index contributed by atoms with van der Waals surface area (Å²) < 4.78 is 130. The Labute approximate surface area is 133 Å². The topological polar surface area (TPSA) is 20.2 Å². The van der Waals surface area contributed by atoms with Gasteiger partial charge in [0.1, 0.15) is 5.83 Å². The zero-order chi connectivity index (χ0) is 19.6. The van der Waals surface area contributed by atoms with Gasteiger partial charge in [-0.15, -0.1) is 0 Å². The van der Waals surface area contributed by atoms with Gasteiger partial charge in [-0.05, 0) is 12.9 Å². The fraction of sp³-hybridized carbons (Fsp3) is 0.0769. The molecule has 0 saturated carbocycles. The summed E-state index contributed by atoms with van der Waals surface area (Å²) in [5.74, 6) is -25.3. The molecule has 0 amide bonds. The summed E-state index contributed by atoms with van der Waals surface area (Å²) in [6.07, 6.45) is 0. The van der Waals surface area contributed by atoms with Gasteiger partial charge in [-0.1, -0.05) is 0 Å². The molecule has 1 aromatic carbocycles. The summed E-state index contributed by atoms with van der Waals surface area (Å²) in [5.41, 5.74) is -1.96. The van der Waals surface area contributed by atoms with Crippen LogP contribution in [0.3, 0.4) is 0 Å². The normalized spacial score (nSPS) is 14.3. The summed E-state index contributed by atoms with van der Waals surface area (Å²) in [6.45, 7) is -2.62. The number of rotatable bonds is 4. The van der Waals surface area contributed by atoms with E-state index in [2.05, 4.69) is 0 Å². The maximum atomic E-state index is 13.4. The maximum Gasteiger partial charge on any atom is 0.360 e. The number of hydrogen-bond acceptors (Lipinski definition) is 1. The molecule has 0 radical (unpaired) electrons. The molecular formula is C13H5BF10O. The molecule has 0 aliphatic heterocycles. The van der Waals surface area contributed by atoms with Crippen LogP contribution in [-0.2, 0) is 0 Å². The molecule has 0 bridgehead atoms. The smallest absolute Gasteiger partial charge is 0.360 e. The van der Waals surface area contributed by atoms with Gasteiger partial charge < -0.3 is 5.02 Å². The van der Waals surface area contributed by atoms with Gasteiger partial charge >= 0.3 is 6.92 Å². The molecule has 0 aliphatic rings. The van der Waals surface area contributed by atoms with Gasteiger partial charge in [0.25, 0.3) is 0 Å². The van der Waals surface area contributed by atoms with Gasteiger partial charge in [0, 0.05) is 5.46 Å². The summed E-state index contributed by atoms with van der Waals surface area (Å²) in [5, 5.41) is 9.33. The van der Waals surface area contributed by atoms with E-state index in [1.165, 1.54) is 0 Å². The van der Waals surface area contributed by atoms with E-state index in [4.69, 9.17) is 0 Å². The third kappa shape index (κ3) is 4.06. The van der Waals surface area contributed by atoms with Crippen LogP contribution in [0.15, 0.2) is 35.1 Å². The van der Waals surface area contributed by atoms with Gasteiger partial charge in [-0.3, -0.25) is 0 Å². The second kappa shape index (κ2) is 7.76. The van der Waals surface area contributed by atoms with Gasteiger partial charge in [-0.25, -0.2) is 43.9 Å². The lowest BCUT2D eigenvalue weighted by molar-refractivity contribution is 0.382. The monoisotopic (exact) mass is 378 g/mol. The van der Waals surface area contributed by atoms with E-state index in [9.17, 15) is 48.9 Å². The number of benzene rings is 1. The molecule has 0 fully saturated rings. The van der Waals surface area contributed by atoms with Crippen molar-refractivity contribution >= 4 is 12.4 Å². The predicted molar refractivity (Wildman–Crippen MR) is 67.2 cm³/mol. The molecule has 0 heterocycles. The predicted octanol–water partition coefficient (Wildman–Crippen LogP) is 4.29. The molecule has 1 rings (SSSR count). The highest BCUT2D eigenvalue weighted by atomic mass is 19.2. The first-order chi connectivity index (χ1) is 11.4. The Balaban J connectivity index is 3.44. The second-order valence-electron chi connectivity index (χ2n) is 4.42. The highest BCUT2D eigenvalue weighted by molar-refractivity contribution is 6.71. The van der Waals surface area contributed by atoms with Crippen molar-refractivity contribution in [1.29, 1.82) is 0 Å². The van der Waals surface area contributed by atoms with Crippen LogP contribution < -0.4 is 5.46 Å². The number of halogens is 10. The molecule has 12 heteroatoms. The Morgan fingerprint density at radius 2 is 1.12 bits per heavy atom. The summed E-state index contributed by atoms with van der Waals surface area (Å²) in [7, 11) is 0. The van der Waals surface area contributed by atoms with Gasteiger partial charge in [0.2, 0.25) is 0 Å². The number of hydrogen-bond donors (Lipinski definition) is 1. The SMILES string of the molecule is C\C(F)=C(F)/C(F)=C(F)\C(F)=C\B(O)c1c(F)c(F)c(F)c(F)c1F. The molecule has 1 aromatic rings. The van der Waals surface area contributed by atoms with Crippen LogP contribution in [0.1, 0.15) is 6.92 Å². The third-order valence-electron chi connectivity index (χ3n) is 2.74. The molecule has 0 unspecified atom stereocenters. The average molecular weight is 378 g/mol. The van der Waals surface area contributed by atoms with E-state index >= 15 is 0 Å². The molecule has 0 spiro atoms. The van der Waals surface area contributed by atoms with E-state index in [0.717, 1.165) is 0 Å². The van der Waals surface area contributed by atoms with Crippen LogP contribution in [0.5, 0.6) is 0 Å². The van der Waals surface area contributed by atoms with Crippen molar-refractivity contribution in [1.82, 2.24) is 0 Å². The second-order valence-corrected chi connectivity index (χ2v) is 4.42. The lowest BCUT2D eigenvalue weighted by Crippen LogP contribution is -2.37. The first-order valence-electron chi connectivity index (χ1n) is 6.06. The third-order valence-corrected chi connectivity index (χ3v) is 2.74. The van der Waals surface area contributed by atoms with Crippen LogP contribution in [0.4, 0.5) is 43.9 Å². The van der Waals surface area contributed by atoms with Crippen LogP contribution in [0.2, 0.25) is 0 Å².